The quantitative estimate of drug-likeness (QED) is 0.770. The number of rotatable bonds is 3. The second-order valence-corrected chi connectivity index (χ2v) is 8.99. The van der Waals surface area contributed by atoms with Crippen LogP contribution in [0.15, 0.2) is 22.7 Å². The molecule has 1 saturated heterocycles. The molecule has 0 N–H and O–H groups in total. The lowest BCUT2D eigenvalue weighted by Gasteiger charge is -2.40. The lowest BCUT2D eigenvalue weighted by molar-refractivity contribution is 0.126. The number of fused-ring (bicyclic) bond motifs is 2. The summed E-state index contributed by atoms with van der Waals surface area (Å²) in [4.78, 5) is 2.68. The minimum absolute atomic E-state index is 0.480. The molecule has 0 radical (unpaired) electrons. The zero-order valence-electron chi connectivity index (χ0n) is 13.6. The second kappa shape index (κ2) is 5.27. The van der Waals surface area contributed by atoms with Crippen LogP contribution in [0.5, 0.6) is 5.75 Å². The Morgan fingerprint density at radius 2 is 2.05 bits per heavy atom. The highest BCUT2D eigenvalue weighted by molar-refractivity contribution is 9.10. The summed E-state index contributed by atoms with van der Waals surface area (Å²) in [7, 11) is 1.76. The molecule has 0 amide bonds. The van der Waals surface area contributed by atoms with Gasteiger partial charge >= 0.3 is 0 Å². The van der Waals surface area contributed by atoms with E-state index < -0.39 is 0 Å². The van der Waals surface area contributed by atoms with Gasteiger partial charge in [-0.05, 0) is 48.3 Å². The number of ether oxygens (including phenoxy) is 1. The zero-order valence-corrected chi connectivity index (χ0v) is 15.2. The summed E-state index contributed by atoms with van der Waals surface area (Å²) >= 11 is 3.59. The highest BCUT2D eigenvalue weighted by Crippen LogP contribution is 2.52. The minimum atomic E-state index is 0.480. The minimum Gasteiger partial charge on any atom is -0.496 e. The van der Waals surface area contributed by atoms with Crippen LogP contribution >= 0.6 is 15.9 Å². The first-order chi connectivity index (χ1) is 9.80. The molecule has 1 aliphatic carbocycles. The Bertz CT molecular complexity index is 542. The summed E-state index contributed by atoms with van der Waals surface area (Å²) in [5.74, 6) is 1.00. The zero-order chi connectivity index (χ0) is 15.3. The summed E-state index contributed by atoms with van der Waals surface area (Å²) in [5.41, 5.74) is 2.26. The van der Waals surface area contributed by atoms with E-state index >= 15 is 0 Å². The summed E-state index contributed by atoms with van der Waals surface area (Å²) in [6.45, 7) is 9.55. The Hall–Kier alpha value is -0.540. The molecule has 3 rings (SSSR count). The molecule has 1 heterocycles. The van der Waals surface area contributed by atoms with Crippen molar-refractivity contribution in [3.63, 3.8) is 0 Å². The monoisotopic (exact) mass is 351 g/mol. The van der Waals surface area contributed by atoms with Crippen molar-refractivity contribution in [3.05, 3.63) is 28.2 Å². The number of methoxy groups -OCH3 is 1. The molecular formula is C18H26BrNO. The molecule has 2 atom stereocenters. The molecule has 0 aromatic heterocycles. The van der Waals surface area contributed by atoms with E-state index in [4.69, 9.17) is 4.74 Å². The van der Waals surface area contributed by atoms with Gasteiger partial charge in [-0.15, -0.1) is 0 Å². The van der Waals surface area contributed by atoms with Crippen LogP contribution in [0, 0.1) is 10.8 Å². The van der Waals surface area contributed by atoms with Crippen molar-refractivity contribution in [2.45, 2.75) is 52.6 Å². The maximum atomic E-state index is 5.54. The molecule has 0 spiro atoms. The number of nitrogens with zero attached hydrogens (tertiary/aromatic N) is 1. The predicted octanol–water partition coefficient (Wildman–Crippen LogP) is 4.86. The first-order valence-corrected chi connectivity index (χ1v) is 8.66. The van der Waals surface area contributed by atoms with Crippen LogP contribution in [0.4, 0.5) is 0 Å². The third kappa shape index (κ3) is 3.14. The Morgan fingerprint density at radius 1 is 1.29 bits per heavy atom. The predicted molar refractivity (Wildman–Crippen MR) is 90.6 cm³/mol. The van der Waals surface area contributed by atoms with Crippen molar-refractivity contribution in [1.29, 1.82) is 0 Å². The normalized spacial score (nSPS) is 31.4. The summed E-state index contributed by atoms with van der Waals surface area (Å²) in [5, 5.41) is 0. The summed E-state index contributed by atoms with van der Waals surface area (Å²) in [6, 6.07) is 7.04. The molecule has 1 saturated carbocycles. The molecule has 116 valence electrons. The largest absolute Gasteiger partial charge is 0.496 e. The molecule has 2 bridgehead atoms. The van der Waals surface area contributed by atoms with E-state index in [9.17, 15) is 0 Å². The van der Waals surface area contributed by atoms with Gasteiger partial charge in [0.15, 0.2) is 0 Å². The standard InChI is InChI=1S/C18H26BrNO/c1-17(2)8-15-9-18(3,11-17)12-20(15)10-13-7-14(19)5-6-16(13)21-4/h5-7,15H,8-12H2,1-4H3/t15-,18-/m1/s1. The van der Waals surface area contributed by atoms with E-state index in [0.717, 1.165) is 22.8 Å². The molecule has 3 heteroatoms. The SMILES string of the molecule is COc1ccc(Br)cc1CN1C[C@]2(C)C[C@H]1CC(C)(C)C2. The van der Waals surface area contributed by atoms with Crippen LogP contribution in [-0.2, 0) is 6.54 Å². The van der Waals surface area contributed by atoms with Gasteiger partial charge < -0.3 is 4.74 Å². The van der Waals surface area contributed by atoms with Crippen molar-refractivity contribution >= 4 is 15.9 Å². The van der Waals surface area contributed by atoms with Crippen LogP contribution in [0.25, 0.3) is 0 Å². The third-order valence-electron chi connectivity index (χ3n) is 5.14. The molecule has 2 aliphatic rings. The molecule has 1 aromatic carbocycles. The first-order valence-electron chi connectivity index (χ1n) is 7.87. The topological polar surface area (TPSA) is 12.5 Å². The molecule has 2 fully saturated rings. The van der Waals surface area contributed by atoms with Crippen molar-refractivity contribution in [2.75, 3.05) is 13.7 Å². The fraction of sp³-hybridized carbons (Fsp3) is 0.667. The van der Waals surface area contributed by atoms with Gasteiger partial charge in [-0.2, -0.15) is 0 Å². The maximum absolute atomic E-state index is 5.54. The van der Waals surface area contributed by atoms with Gasteiger partial charge in [0, 0.05) is 29.2 Å². The van der Waals surface area contributed by atoms with Gasteiger partial charge in [-0.25, -0.2) is 0 Å². The van der Waals surface area contributed by atoms with Crippen LogP contribution in [0.3, 0.4) is 0 Å². The van der Waals surface area contributed by atoms with Crippen LogP contribution in [0.2, 0.25) is 0 Å². The van der Waals surface area contributed by atoms with E-state index in [1.807, 2.05) is 0 Å². The molecule has 2 nitrogen and oxygen atoms in total. The van der Waals surface area contributed by atoms with Crippen molar-refractivity contribution in [2.24, 2.45) is 10.8 Å². The third-order valence-corrected chi connectivity index (χ3v) is 5.63. The van der Waals surface area contributed by atoms with Crippen LogP contribution < -0.4 is 4.74 Å². The van der Waals surface area contributed by atoms with Crippen molar-refractivity contribution in [3.8, 4) is 5.75 Å². The van der Waals surface area contributed by atoms with E-state index in [1.54, 1.807) is 7.11 Å². The summed E-state index contributed by atoms with van der Waals surface area (Å²) < 4.78 is 6.67. The molecule has 1 aliphatic heterocycles. The van der Waals surface area contributed by atoms with E-state index in [-0.39, 0.29) is 0 Å². The van der Waals surface area contributed by atoms with Crippen molar-refractivity contribution in [1.82, 2.24) is 4.90 Å². The lowest BCUT2D eigenvalue weighted by atomic mass is 9.65. The number of benzene rings is 1. The lowest BCUT2D eigenvalue weighted by Crippen LogP contribution is -2.34. The van der Waals surface area contributed by atoms with Crippen molar-refractivity contribution < 1.29 is 4.74 Å². The highest BCUT2D eigenvalue weighted by Gasteiger charge is 2.49. The van der Waals surface area contributed by atoms with E-state index in [2.05, 4.69) is 59.8 Å². The smallest absolute Gasteiger partial charge is 0.123 e. The Morgan fingerprint density at radius 3 is 2.76 bits per heavy atom. The Balaban J connectivity index is 1.82. The second-order valence-electron chi connectivity index (χ2n) is 8.07. The van der Waals surface area contributed by atoms with Gasteiger partial charge in [0.1, 0.15) is 5.75 Å². The van der Waals surface area contributed by atoms with Crippen LogP contribution in [0.1, 0.15) is 45.6 Å². The number of likely N-dealkylation sites (tertiary alicyclic amines) is 1. The molecular weight excluding hydrogens is 326 g/mol. The summed E-state index contributed by atoms with van der Waals surface area (Å²) in [6.07, 6.45) is 4.02. The maximum Gasteiger partial charge on any atom is 0.123 e. The Labute approximate surface area is 137 Å². The van der Waals surface area contributed by atoms with Gasteiger partial charge in [-0.1, -0.05) is 36.7 Å². The highest BCUT2D eigenvalue weighted by atomic mass is 79.9. The average Bonchev–Trinajstić information content (AvgIpc) is 2.58. The average molecular weight is 352 g/mol. The molecule has 21 heavy (non-hydrogen) atoms. The van der Waals surface area contributed by atoms with Crippen LogP contribution in [-0.4, -0.2) is 24.6 Å². The van der Waals surface area contributed by atoms with Gasteiger partial charge in [0.2, 0.25) is 0 Å². The fourth-order valence-electron chi connectivity index (χ4n) is 4.85. The number of halogens is 1. The Kier molecular flexibility index (Phi) is 3.86. The fourth-order valence-corrected chi connectivity index (χ4v) is 5.26. The van der Waals surface area contributed by atoms with Gasteiger partial charge in [-0.3, -0.25) is 4.90 Å². The molecule has 0 unspecified atom stereocenters. The van der Waals surface area contributed by atoms with E-state index in [0.29, 0.717) is 10.8 Å². The van der Waals surface area contributed by atoms with Gasteiger partial charge in [0.05, 0.1) is 7.11 Å². The van der Waals surface area contributed by atoms with E-state index in [1.165, 1.54) is 31.4 Å². The number of hydrogen-bond acceptors (Lipinski definition) is 2. The molecule has 1 aromatic rings. The van der Waals surface area contributed by atoms with Gasteiger partial charge in [0.25, 0.3) is 0 Å². The first kappa shape index (κ1) is 15.4. The number of hydrogen-bond donors (Lipinski definition) is 0.